The van der Waals surface area contributed by atoms with Crippen molar-refractivity contribution in [3.63, 3.8) is 0 Å². The molecule has 2 rings (SSSR count). The summed E-state index contributed by atoms with van der Waals surface area (Å²) >= 11 is 3.39. The Hall–Kier alpha value is -1.12. The molecule has 1 nitrogen and oxygen atoms in total. The minimum absolute atomic E-state index is 0.428. The van der Waals surface area contributed by atoms with Gasteiger partial charge in [0.2, 0.25) is 0 Å². The highest BCUT2D eigenvalue weighted by Gasteiger charge is 2.07. The molecule has 0 bridgehead atoms. The number of aliphatic hydroxyl groups is 1. The second-order valence-corrected chi connectivity index (χ2v) is 4.67. The van der Waals surface area contributed by atoms with E-state index in [0.717, 1.165) is 15.6 Å². The van der Waals surface area contributed by atoms with Crippen LogP contribution in [0.3, 0.4) is 0 Å². The van der Waals surface area contributed by atoms with Gasteiger partial charge in [0.25, 0.3) is 0 Å². The van der Waals surface area contributed by atoms with E-state index < -0.39 is 6.10 Å². The summed E-state index contributed by atoms with van der Waals surface area (Å²) < 4.78 is 1.06. The molecule has 0 fully saturated rings. The van der Waals surface area contributed by atoms with Crippen LogP contribution in [0.15, 0.2) is 59.1 Å². The third-order valence-electron chi connectivity index (χ3n) is 2.53. The van der Waals surface area contributed by atoms with Crippen LogP contribution in [0, 0.1) is 0 Å². The van der Waals surface area contributed by atoms with Crippen LogP contribution in [0.4, 0.5) is 0 Å². The molecule has 0 aliphatic rings. The van der Waals surface area contributed by atoms with Crippen molar-refractivity contribution in [3.05, 3.63) is 70.2 Å². The topological polar surface area (TPSA) is 20.2 Å². The van der Waals surface area contributed by atoms with Crippen LogP contribution in [0.1, 0.15) is 17.2 Å². The molecule has 2 aromatic carbocycles. The zero-order chi connectivity index (χ0) is 11.4. The summed E-state index contributed by atoms with van der Waals surface area (Å²) in [5.41, 5.74) is 2.10. The summed E-state index contributed by atoms with van der Waals surface area (Å²) in [5, 5.41) is 10.0. The predicted octanol–water partition coefficient (Wildman–Crippen LogP) is 3.73. The number of hydrogen-bond donors (Lipinski definition) is 1. The van der Waals surface area contributed by atoms with Crippen LogP contribution >= 0.6 is 15.9 Å². The number of aliphatic hydroxyl groups excluding tert-OH is 1. The summed E-state index contributed by atoms with van der Waals surface area (Å²) in [6.07, 6.45) is 0.222. The van der Waals surface area contributed by atoms with Crippen molar-refractivity contribution in [1.29, 1.82) is 0 Å². The lowest BCUT2D eigenvalue weighted by atomic mass is 10.0. The Bertz CT molecular complexity index is 436. The second-order valence-electron chi connectivity index (χ2n) is 3.76. The third-order valence-corrected chi connectivity index (χ3v) is 3.06. The molecular weight excluding hydrogens is 264 g/mol. The van der Waals surface area contributed by atoms with E-state index in [2.05, 4.69) is 15.9 Å². The summed E-state index contributed by atoms with van der Waals surface area (Å²) in [6, 6.07) is 17.8. The Labute approximate surface area is 104 Å². The number of halogens is 1. The van der Waals surface area contributed by atoms with E-state index >= 15 is 0 Å². The summed E-state index contributed by atoms with van der Waals surface area (Å²) in [6.45, 7) is 0. The van der Waals surface area contributed by atoms with Crippen molar-refractivity contribution in [2.75, 3.05) is 0 Å². The van der Waals surface area contributed by atoms with Crippen molar-refractivity contribution in [1.82, 2.24) is 0 Å². The van der Waals surface area contributed by atoms with Gasteiger partial charge in [0.1, 0.15) is 0 Å². The van der Waals surface area contributed by atoms with Gasteiger partial charge in [-0.2, -0.15) is 0 Å². The van der Waals surface area contributed by atoms with Gasteiger partial charge in [0.15, 0.2) is 0 Å². The standard InChI is InChI=1S/C14H13BrO/c15-13-8-6-11(7-9-13)10-14(16)12-4-2-1-3-5-12/h1-9,14,16H,10H2. The van der Waals surface area contributed by atoms with Gasteiger partial charge in [-0.3, -0.25) is 0 Å². The van der Waals surface area contributed by atoms with Gasteiger partial charge in [-0.15, -0.1) is 0 Å². The highest BCUT2D eigenvalue weighted by Crippen LogP contribution is 2.19. The van der Waals surface area contributed by atoms with E-state index in [1.807, 2.05) is 54.6 Å². The van der Waals surface area contributed by atoms with E-state index in [1.165, 1.54) is 0 Å². The Kier molecular flexibility index (Phi) is 3.75. The van der Waals surface area contributed by atoms with Crippen LogP contribution in [0.2, 0.25) is 0 Å². The number of benzene rings is 2. The molecule has 16 heavy (non-hydrogen) atoms. The van der Waals surface area contributed by atoms with Gasteiger partial charge < -0.3 is 5.11 Å². The quantitative estimate of drug-likeness (QED) is 0.906. The minimum Gasteiger partial charge on any atom is -0.388 e. The van der Waals surface area contributed by atoms with Crippen molar-refractivity contribution < 1.29 is 5.11 Å². The molecule has 0 radical (unpaired) electrons. The van der Waals surface area contributed by atoms with Crippen LogP contribution in [-0.2, 0) is 6.42 Å². The van der Waals surface area contributed by atoms with E-state index in [4.69, 9.17) is 0 Å². The van der Waals surface area contributed by atoms with Crippen LogP contribution in [0.25, 0.3) is 0 Å². The van der Waals surface area contributed by atoms with Crippen molar-refractivity contribution >= 4 is 15.9 Å². The molecule has 0 saturated heterocycles. The molecule has 2 heteroatoms. The van der Waals surface area contributed by atoms with Gasteiger partial charge in [-0.25, -0.2) is 0 Å². The maximum atomic E-state index is 10.0. The highest BCUT2D eigenvalue weighted by atomic mass is 79.9. The molecule has 0 heterocycles. The first kappa shape index (κ1) is 11.4. The van der Waals surface area contributed by atoms with Gasteiger partial charge in [-0.1, -0.05) is 58.4 Å². The Balaban J connectivity index is 2.08. The third kappa shape index (κ3) is 2.94. The first-order valence-electron chi connectivity index (χ1n) is 5.23. The molecule has 0 spiro atoms. The lowest BCUT2D eigenvalue weighted by Gasteiger charge is -2.10. The first-order chi connectivity index (χ1) is 7.75. The molecular formula is C14H13BrO. The van der Waals surface area contributed by atoms with E-state index in [9.17, 15) is 5.11 Å². The van der Waals surface area contributed by atoms with Gasteiger partial charge in [-0.05, 0) is 23.3 Å². The van der Waals surface area contributed by atoms with Crippen LogP contribution in [-0.4, -0.2) is 5.11 Å². The monoisotopic (exact) mass is 276 g/mol. The molecule has 1 N–H and O–H groups in total. The highest BCUT2D eigenvalue weighted by molar-refractivity contribution is 9.10. The van der Waals surface area contributed by atoms with E-state index in [-0.39, 0.29) is 0 Å². The molecule has 2 aromatic rings. The molecule has 82 valence electrons. The zero-order valence-corrected chi connectivity index (χ0v) is 10.4. The first-order valence-corrected chi connectivity index (χ1v) is 6.02. The SMILES string of the molecule is OC(Cc1ccc(Br)cc1)c1ccccc1. The molecule has 0 saturated carbocycles. The molecule has 0 aromatic heterocycles. The fourth-order valence-electron chi connectivity index (χ4n) is 1.64. The largest absolute Gasteiger partial charge is 0.388 e. The van der Waals surface area contributed by atoms with E-state index in [0.29, 0.717) is 6.42 Å². The Morgan fingerprint density at radius 2 is 1.56 bits per heavy atom. The second kappa shape index (κ2) is 5.28. The van der Waals surface area contributed by atoms with E-state index in [1.54, 1.807) is 0 Å². The lowest BCUT2D eigenvalue weighted by Crippen LogP contribution is -2.01. The summed E-state index contributed by atoms with van der Waals surface area (Å²) in [7, 11) is 0. The van der Waals surface area contributed by atoms with Crippen LogP contribution in [0.5, 0.6) is 0 Å². The average molecular weight is 277 g/mol. The normalized spacial score (nSPS) is 12.4. The number of hydrogen-bond acceptors (Lipinski definition) is 1. The molecule has 0 aliphatic heterocycles. The minimum atomic E-state index is -0.428. The maximum absolute atomic E-state index is 10.0. The van der Waals surface area contributed by atoms with Crippen LogP contribution < -0.4 is 0 Å². The Morgan fingerprint density at radius 1 is 0.938 bits per heavy atom. The lowest BCUT2D eigenvalue weighted by molar-refractivity contribution is 0.178. The zero-order valence-electron chi connectivity index (χ0n) is 8.81. The van der Waals surface area contributed by atoms with Gasteiger partial charge in [0, 0.05) is 10.9 Å². The summed E-state index contributed by atoms with van der Waals surface area (Å²) in [5.74, 6) is 0. The Morgan fingerprint density at radius 3 is 2.19 bits per heavy atom. The van der Waals surface area contributed by atoms with Crippen molar-refractivity contribution in [2.45, 2.75) is 12.5 Å². The molecule has 0 amide bonds. The fraction of sp³-hybridized carbons (Fsp3) is 0.143. The van der Waals surface area contributed by atoms with Gasteiger partial charge in [0.05, 0.1) is 6.10 Å². The predicted molar refractivity (Wildman–Crippen MR) is 69.2 cm³/mol. The molecule has 1 atom stereocenters. The fourth-order valence-corrected chi connectivity index (χ4v) is 1.90. The average Bonchev–Trinajstić information content (AvgIpc) is 2.33. The smallest absolute Gasteiger partial charge is 0.0830 e. The number of rotatable bonds is 3. The van der Waals surface area contributed by atoms with Crippen molar-refractivity contribution in [2.24, 2.45) is 0 Å². The molecule has 1 unspecified atom stereocenters. The maximum Gasteiger partial charge on any atom is 0.0830 e. The summed E-state index contributed by atoms with van der Waals surface area (Å²) in [4.78, 5) is 0. The van der Waals surface area contributed by atoms with Gasteiger partial charge >= 0.3 is 0 Å². The molecule has 0 aliphatic carbocycles. The van der Waals surface area contributed by atoms with Crippen molar-refractivity contribution in [3.8, 4) is 0 Å².